The van der Waals surface area contributed by atoms with Crippen molar-refractivity contribution < 1.29 is 13.3 Å². The highest BCUT2D eigenvalue weighted by molar-refractivity contribution is 6.60. The zero-order valence-corrected chi connectivity index (χ0v) is 13.9. The Kier molecular flexibility index (Phi) is 12.7. The summed E-state index contributed by atoms with van der Waals surface area (Å²) in [7, 11) is -2.46. The predicted octanol–water partition coefficient (Wildman–Crippen LogP) is 4.22. The van der Waals surface area contributed by atoms with Gasteiger partial charge in [0, 0.05) is 25.1 Å². The standard InChI is InChI=1S/C13H29ClO3Si/c1-4-7-8-9-10-13-18(15-5-2,16-6-3)17-12-11-14/h4-13H2,1-3H3. The van der Waals surface area contributed by atoms with Crippen LogP contribution in [-0.4, -0.2) is 34.5 Å². The SMILES string of the molecule is CCCCCCC[Si](OCC)(OCC)OCCCl. The zero-order valence-electron chi connectivity index (χ0n) is 12.2. The van der Waals surface area contributed by atoms with Crippen LogP contribution < -0.4 is 0 Å². The molecular formula is C13H29ClO3Si. The third-order valence-electron chi connectivity index (χ3n) is 2.71. The van der Waals surface area contributed by atoms with Crippen LogP contribution >= 0.6 is 11.6 Å². The highest BCUT2D eigenvalue weighted by atomic mass is 35.5. The van der Waals surface area contributed by atoms with Crippen molar-refractivity contribution in [2.45, 2.75) is 58.9 Å². The summed E-state index contributed by atoms with van der Waals surface area (Å²) in [4.78, 5) is 0. The molecule has 0 aromatic heterocycles. The van der Waals surface area contributed by atoms with Gasteiger partial charge in [-0.1, -0.05) is 32.6 Å². The Morgan fingerprint density at radius 3 is 1.94 bits per heavy atom. The first kappa shape index (κ1) is 18.4. The second-order valence-electron chi connectivity index (χ2n) is 4.25. The molecule has 0 aliphatic rings. The lowest BCUT2D eigenvalue weighted by Crippen LogP contribution is -2.46. The number of alkyl halides is 1. The summed E-state index contributed by atoms with van der Waals surface area (Å²) < 4.78 is 17.5. The Morgan fingerprint density at radius 2 is 1.44 bits per heavy atom. The van der Waals surface area contributed by atoms with Gasteiger partial charge in [-0.3, -0.25) is 0 Å². The lowest BCUT2D eigenvalue weighted by atomic mass is 10.2. The molecule has 110 valence electrons. The number of hydrogen-bond donors (Lipinski definition) is 0. The number of hydrogen-bond acceptors (Lipinski definition) is 3. The van der Waals surface area contributed by atoms with Crippen molar-refractivity contribution in [3.63, 3.8) is 0 Å². The fraction of sp³-hybridized carbons (Fsp3) is 1.00. The number of unbranched alkanes of at least 4 members (excludes halogenated alkanes) is 4. The van der Waals surface area contributed by atoms with Crippen LogP contribution in [0.5, 0.6) is 0 Å². The Labute approximate surface area is 119 Å². The number of halogens is 1. The predicted molar refractivity (Wildman–Crippen MR) is 79.2 cm³/mol. The van der Waals surface area contributed by atoms with Gasteiger partial charge in [-0.05, 0) is 20.3 Å². The van der Waals surface area contributed by atoms with Gasteiger partial charge < -0.3 is 13.3 Å². The van der Waals surface area contributed by atoms with Crippen LogP contribution in [0.25, 0.3) is 0 Å². The lowest BCUT2D eigenvalue weighted by molar-refractivity contribution is 0.0712. The van der Waals surface area contributed by atoms with Crippen LogP contribution in [0.1, 0.15) is 52.9 Å². The van der Waals surface area contributed by atoms with Crippen LogP contribution in [0.2, 0.25) is 6.04 Å². The smallest absolute Gasteiger partial charge is 0.374 e. The molecule has 18 heavy (non-hydrogen) atoms. The largest absolute Gasteiger partial charge is 0.500 e. The van der Waals surface area contributed by atoms with Crippen molar-refractivity contribution >= 4 is 20.4 Å². The van der Waals surface area contributed by atoms with Crippen molar-refractivity contribution in [1.29, 1.82) is 0 Å². The summed E-state index contributed by atoms with van der Waals surface area (Å²) in [6.45, 7) is 8.00. The van der Waals surface area contributed by atoms with E-state index in [1.54, 1.807) is 0 Å². The third-order valence-corrected chi connectivity index (χ3v) is 5.94. The maximum atomic E-state index is 5.83. The van der Waals surface area contributed by atoms with Crippen LogP contribution in [0.15, 0.2) is 0 Å². The third kappa shape index (κ3) is 8.48. The summed E-state index contributed by atoms with van der Waals surface area (Å²) in [6.07, 6.45) is 6.21. The first-order valence-corrected chi connectivity index (χ1v) is 9.69. The summed E-state index contributed by atoms with van der Waals surface area (Å²) in [5.41, 5.74) is 0. The minimum absolute atomic E-state index is 0.491. The molecule has 0 spiro atoms. The molecule has 0 aromatic carbocycles. The van der Waals surface area contributed by atoms with Crippen LogP contribution in [0.3, 0.4) is 0 Å². The van der Waals surface area contributed by atoms with Gasteiger partial charge >= 0.3 is 8.80 Å². The topological polar surface area (TPSA) is 27.7 Å². The van der Waals surface area contributed by atoms with Crippen LogP contribution in [0, 0.1) is 0 Å². The van der Waals surface area contributed by atoms with Crippen LogP contribution in [0.4, 0.5) is 0 Å². The highest BCUT2D eigenvalue weighted by Gasteiger charge is 2.39. The Hall–Kier alpha value is 0.387. The van der Waals surface area contributed by atoms with Gasteiger partial charge in [0.05, 0.1) is 6.61 Å². The number of rotatable bonds is 13. The monoisotopic (exact) mass is 296 g/mol. The molecular weight excluding hydrogens is 268 g/mol. The fourth-order valence-electron chi connectivity index (χ4n) is 1.92. The molecule has 5 heteroatoms. The molecule has 0 atom stereocenters. The van der Waals surface area contributed by atoms with E-state index in [0.717, 1.165) is 12.5 Å². The van der Waals surface area contributed by atoms with E-state index in [4.69, 9.17) is 24.9 Å². The average molecular weight is 297 g/mol. The van der Waals surface area contributed by atoms with E-state index in [1.165, 1.54) is 25.7 Å². The molecule has 0 N–H and O–H groups in total. The van der Waals surface area contributed by atoms with Gasteiger partial charge in [-0.15, -0.1) is 11.6 Å². The Balaban J connectivity index is 4.14. The van der Waals surface area contributed by atoms with E-state index in [0.29, 0.717) is 25.7 Å². The first-order chi connectivity index (χ1) is 8.74. The van der Waals surface area contributed by atoms with Gasteiger partial charge in [-0.2, -0.15) is 0 Å². The molecule has 0 bridgehead atoms. The molecule has 0 fully saturated rings. The molecule has 0 rings (SSSR count). The molecule has 3 nitrogen and oxygen atoms in total. The summed E-state index contributed by atoms with van der Waals surface area (Å²) in [5, 5.41) is 0. The summed E-state index contributed by atoms with van der Waals surface area (Å²) in [6, 6.07) is 0.912. The van der Waals surface area contributed by atoms with Gasteiger partial charge in [0.1, 0.15) is 0 Å². The van der Waals surface area contributed by atoms with Crippen molar-refractivity contribution in [3.8, 4) is 0 Å². The fourth-order valence-corrected chi connectivity index (χ4v) is 4.79. The van der Waals surface area contributed by atoms with Gasteiger partial charge in [-0.25, -0.2) is 0 Å². The second kappa shape index (κ2) is 12.4. The molecule has 0 heterocycles. The summed E-state index contributed by atoms with van der Waals surface area (Å²) in [5.74, 6) is 0.491. The first-order valence-electron chi connectivity index (χ1n) is 7.22. The Morgan fingerprint density at radius 1 is 0.833 bits per heavy atom. The minimum Gasteiger partial charge on any atom is -0.374 e. The van der Waals surface area contributed by atoms with E-state index in [-0.39, 0.29) is 0 Å². The van der Waals surface area contributed by atoms with Crippen molar-refractivity contribution in [2.75, 3.05) is 25.7 Å². The van der Waals surface area contributed by atoms with Gasteiger partial charge in [0.15, 0.2) is 0 Å². The van der Waals surface area contributed by atoms with Crippen molar-refractivity contribution in [1.82, 2.24) is 0 Å². The van der Waals surface area contributed by atoms with Crippen molar-refractivity contribution in [3.05, 3.63) is 0 Å². The lowest BCUT2D eigenvalue weighted by Gasteiger charge is -2.28. The molecule has 0 unspecified atom stereocenters. The van der Waals surface area contributed by atoms with E-state index in [1.807, 2.05) is 13.8 Å². The van der Waals surface area contributed by atoms with Crippen molar-refractivity contribution in [2.24, 2.45) is 0 Å². The molecule has 0 amide bonds. The molecule has 0 saturated heterocycles. The summed E-state index contributed by atoms with van der Waals surface area (Å²) >= 11 is 5.70. The zero-order chi connectivity index (χ0) is 13.7. The minimum atomic E-state index is -2.46. The van der Waals surface area contributed by atoms with E-state index < -0.39 is 8.80 Å². The van der Waals surface area contributed by atoms with Gasteiger partial charge in [0.25, 0.3) is 0 Å². The average Bonchev–Trinajstić information content (AvgIpc) is 2.37. The Bertz CT molecular complexity index is 176. The van der Waals surface area contributed by atoms with E-state index in [9.17, 15) is 0 Å². The normalized spacial score (nSPS) is 12.0. The second-order valence-corrected chi connectivity index (χ2v) is 7.36. The maximum absolute atomic E-state index is 5.83. The molecule has 0 aromatic rings. The van der Waals surface area contributed by atoms with E-state index >= 15 is 0 Å². The molecule has 0 saturated carbocycles. The van der Waals surface area contributed by atoms with Gasteiger partial charge in [0.2, 0.25) is 0 Å². The molecule has 0 aliphatic heterocycles. The highest BCUT2D eigenvalue weighted by Crippen LogP contribution is 2.20. The maximum Gasteiger partial charge on any atom is 0.500 e. The van der Waals surface area contributed by atoms with Crippen LogP contribution in [-0.2, 0) is 13.3 Å². The quantitative estimate of drug-likeness (QED) is 0.289. The molecule has 0 aliphatic carbocycles. The van der Waals surface area contributed by atoms with E-state index in [2.05, 4.69) is 6.92 Å². The molecule has 0 radical (unpaired) electrons.